The first-order chi connectivity index (χ1) is 11.8. The third-order valence-electron chi connectivity index (χ3n) is 4.19. The van der Waals surface area contributed by atoms with Crippen LogP contribution in [0.4, 0.5) is 5.69 Å². The van der Waals surface area contributed by atoms with Crippen molar-refractivity contribution in [2.24, 2.45) is 0 Å². The first kappa shape index (κ1) is 17.4. The van der Waals surface area contributed by atoms with Crippen molar-refractivity contribution in [2.75, 3.05) is 19.4 Å². The number of hydrogen-bond acceptors (Lipinski definition) is 4. The molecule has 1 atom stereocenters. The Kier molecular flexibility index (Phi) is 4.53. The molecule has 1 N–H and O–H groups in total. The van der Waals surface area contributed by atoms with Gasteiger partial charge in [0.2, 0.25) is 10.0 Å². The lowest BCUT2D eigenvalue weighted by molar-refractivity contribution is -0.122. The maximum absolute atomic E-state index is 12.5. The van der Waals surface area contributed by atoms with Crippen molar-refractivity contribution in [2.45, 2.75) is 24.3 Å². The molecule has 0 unspecified atom stereocenters. The van der Waals surface area contributed by atoms with Crippen LogP contribution >= 0.6 is 0 Å². The van der Waals surface area contributed by atoms with Gasteiger partial charge in [-0.25, -0.2) is 12.7 Å². The molecule has 0 aromatic heterocycles. The number of ether oxygens (including phenoxy) is 1. The predicted octanol–water partition coefficient (Wildman–Crippen LogP) is 2.19. The van der Waals surface area contributed by atoms with Crippen molar-refractivity contribution in [3.05, 3.63) is 53.6 Å². The van der Waals surface area contributed by atoms with Gasteiger partial charge in [0, 0.05) is 26.2 Å². The largest absolute Gasteiger partial charge is 0.480 e. The number of nitrogens with one attached hydrogen (secondary N) is 1. The second-order valence-electron chi connectivity index (χ2n) is 6.17. The van der Waals surface area contributed by atoms with Gasteiger partial charge >= 0.3 is 0 Å². The number of carbonyl (C=O) groups excluding carboxylic acids is 1. The maximum Gasteiger partial charge on any atom is 0.265 e. The fourth-order valence-electron chi connectivity index (χ4n) is 2.65. The molecule has 0 bridgehead atoms. The van der Waals surface area contributed by atoms with E-state index in [2.05, 4.69) is 5.32 Å². The lowest BCUT2D eigenvalue weighted by atomic mass is 10.1. The number of sulfonamides is 1. The third kappa shape index (κ3) is 3.38. The molecule has 1 aliphatic rings. The molecule has 132 valence electrons. The summed E-state index contributed by atoms with van der Waals surface area (Å²) in [7, 11) is -0.625. The Morgan fingerprint density at radius 3 is 2.60 bits per heavy atom. The summed E-state index contributed by atoms with van der Waals surface area (Å²) in [4.78, 5) is 12.7. The molecule has 0 saturated carbocycles. The Hall–Kier alpha value is -2.38. The minimum Gasteiger partial charge on any atom is -0.480 e. The summed E-state index contributed by atoms with van der Waals surface area (Å²) in [6.07, 6.45) is -0.123. The molecule has 0 saturated heterocycles. The average Bonchev–Trinajstić information content (AvgIpc) is 3.00. The monoisotopic (exact) mass is 360 g/mol. The van der Waals surface area contributed by atoms with E-state index < -0.39 is 16.1 Å². The molecule has 0 spiro atoms. The molecule has 1 aliphatic heterocycles. The van der Waals surface area contributed by atoms with Gasteiger partial charge in [-0.1, -0.05) is 24.3 Å². The van der Waals surface area contributed by atoms with E-state index >= 15 is 0 Å². The molecule has 7 heteroatoms. The maximum atomic E-state index is 12.5. The predicted molar refractivity (Wildman–Crippen MR) is 95.2 cm³/mol. The van der Waals surface area contributed by atoms with Crippen LogP contribution in [-0.4, -0.2) is 38.8 Å². The van der Waals surface area contributed by atoms with E-state index in [0.29, 0.717) is 17.9 Å². The summed E-state index contributed by atoms with van der Waals surface area (Å²) in [5.74, 6) is 0.419. The first-order valence-corrected chi connectivity index (χ1v) is 9.31. The van der Waals surface area contributed by atoms with Crippen LogP contribution in [0.2, 0.25) is 0 Å². The molecule has 2 aromatic rings. The molecular formula is C18H20N2O4S. The average molecular weight is 360 g/mol. The van der Waals surface area contributed by atoms with Crippen LogP contribution in [0.3, 0.4) is 0 Å². The normalized spacial score (nSPS) is 16.4. The molecule has 6 nitrogen and oxygen atoms in total. The van der Waals surface area contributed by atoms with Crippen LogP contribution in [-0.2, 0) is 21.2 Å². The van der Waals surface area contributed by atoms with Crippen molar-refractivity contribution in [3.8, 4) is 5.75 Å². The van der Waals surface area contributed by atoms with Crippen molar-refractivity contribution in [3.63, 3.8) is 0 Å². The number of amides is 1. The van der Waals surface area contributed by atoms with E-state index in [1.807, 2.05) is 31.2 Å². The molecule has 25 heavy (non-hydrogen) atoms. The Morgan fingerprint density at radius 2 is 1.92 bits per heavy atom. The number of hydrogen-bond donors (Lipinski definition) is 1. The van der Waals surface area contributed by atoms with E-state index in [4.69, 9.17) is 4.74 Å². The van der Waals surface area contributed by atoms with Crippen LogP contribution in [0, 0.1) is 6.92 Å². The molecule has 0 radical (unpaired) electrons. The number of para-hydroxylation sites is 1. The molecular weight excluding hydrogens is 340 g/mol. The SMILES string of the molecule is Cc1ccc(S(=O)(=O)N(C)C)cc1NC(=O)[C@H]1Cc2ccccc2O1. The highest BCUT2D eigenvalue weighted by Gasteiger charge is 2.29. The Labute approximate surface area is 147 Å². The Morgan fingerprint density at radius 1 is 1.20 bits per heavy atom. The van der Waals surface area contributed by atoms with Crippen molar-refractivity contribution in [1.29, 1.82) is 0 Å². The number of aryl methyl sites for hydroxylation is 1. The minimum atomic E-state index is -3.56. The van der Waals surface area contributed by atoms with Crippen molar-refractivity contribution in [1.82, 2.24) is 4.31 Å². The lowest BCUT2D eigenvalue weighted by Gasteiger charge is -2.16. The summed E-state index contributed by atoms with van der Waals surface area (Å²) in [6.45, 7) is 1.81. The van der Waals surface area contributed by atoms with E-state index in [9.17, 15) is 13.2 Å². The number of benzene rings is 2. The lowest BCUT2D eigenvalue weighted by Crippen LogP contribution is -2.31. The summed E-state index contributed by atoms with van der Waals surface area (Å²) in [5.41, 5.74) is 2.23. The number of anilines is 1. The summed E-state index contributed by atoms with van der Waals surface area (Å²) in [5, 5.41) is 2.79. The minimum absolute atomic E-state index is 0.133. The summed E-state index contributed by atoms with van der Waals surface area (Å²) >= 11 is 0. The van der Waals surface area contributed by atoms with E-state index in [1.54, 1.807) is 6.07 Å². The zero-order valence-corrected chi connectivity index (χ0v) is 15.1. The summed E-state index contributed by atoms with van der Waals surface area (Å²) < 4.78 is 31.4. The Balaban J connectivity index is 1.81. The van der Waals surface area contributed by atoms with E-state index in [0.717, 1.165) is 15.4 Å². The molecule has 0 aliphatic carbocycles. The molecule has 1 heterocycles. The molecule has 0 fully saturated rings. The van der Waals surface area contributed by atoms with Gasteiger partial charge in [0.1, 0.15) is 5.75 Å². The quantitative estimate of drug-likeness (QED) is 0.907. The van der Waals surface area contributed by atoms with E-state index in [1.165, 1.54) is 26.2 Å². The van der Waals surface area contributed by atoms with Crippen LogP contribution in [0.25, 0.3) is 0 Å². The zero-order chi connectivity index (χ0) is 18.2. The van der Waals surface area contributed by atoms with Gasteiger partial charge in [-0.15, -0.1) is 0 Å². The zero-order valence-electron chi connectivity index (χ0n) is 14.3. The number of rotatable bonds is 4. The first-order valence-electron chi connectivity index (χ1n) is 7.87. The van der Waals surface area contributed by atoms with Crippen molar-refractivity contribution < 1.29 is 17.9 Å². The number of fused-ring (bicyclic) bond motifs is 1. The second-order valence-corrected chi connectivity index (χ2v) is 8.32. The van der Waals surface area contributed by atoms with Gasteiger partial charge in [-0.2, -0.15) is 0 Å². The van der Waals surface area contributed by atoms with E-state index in [-0.39, 0.29) is 10.8 Å². The standard InChI is InChI=1S/C18H20N2O4S/c1-12-8-9-14(25(22,23)20(2)3)11-15(12)19-18(21)17-10-13-6-4-5-7-16(13)24-17/h4-9,11,17H,10H2,1-3H3,(H,19,21)/t17-/m1/s1. The van der Waals surface area contributed by atoms with Crippen LogP contribution in [0.5, 0.6) is 5.75 Å². The van der Waals surface area contributed by atoms with Gasteiger partial charge in [-0.3, -0.25) is 4.79 Å². The van der Waals surface area contributed by atoms with Crippen LogP contribution in [0.15, 0.2) is 47.4 Å². The number of carbonyl (C=O) groups is 1. The fourth-order valence-corrected chi connectivity index (χ4v) is 3.58. The van der Waals surface area contributed by atoms with Gasteiger partial charge in [-0.05, 0) is 36.2 Å². The van der Waals surface area contributed by atoms with Crippen LogP contribution < -0.4 is 10.1 Å². The third-order valence-corrected chi connectivity index (χ3v) is 6.00. The van der Waals surface area contributed by atoms with Crippen molar-refractivity contribution >= 4 is 21.6 Å². The van der Waals surface area contributed by atoms with Gasteiger partial charge in [0.05, 0.1) is 4.90 Å². The fraction of sp³-hybridized carbons (Fsp3) is 0.278. The van der Waals surface area contributed by atoms with Gasteiger partial charge < -0.3 is 10.1 Å². The summed E-state index contributed by atoms with van der Waals surface area (Å²) in [6, 6.07) is 12.2. The molecule has 2 aromatic carbocycles. The van der Waals surface area contributed by atoms with Gasteiger partial charge in [0.25, 0.3) is 5.91 Å². The smallest absolute Gasteiger partial charge is 0.265 e. The molecule has 1 amide bonds. The second kappa shape index (κ2) is 6.50. The molecule has 3 rings (SSSR count). The highest BCUT2D eigenvalue weighted by Crippen LogP contribution is 2.29. The highest BCUT2D eigenvalue weighted by atomic mass is 32.2. The topological polar surface area (TPSA) is 75.7 Å². The highest BCUT2D eigenvalue weighted by molar-refractivity contribution is 7.89. The van der Waals surface area contributed by atoms with Crippen LogP contribution in [0.1, 0.15) is 11.1 Å². The Bertz CT molecular complexity index is 897. The number of nitrogens with zero attached hydrogens (tertiary/aromatic N) is 1. The van der Waals surface area contributed by atoms with Gasteiger partial charge in [0.15, 0.2) is 6.10 Å².